The molecule has 0 aromatic rings. The summed E-state index contributed by atoms with van der Waals surface area (Å²) in [4.78, 5) is 15.1. The molecule has 0 aliphatic carbocycles. The van der Waals surface area contributed by atoms with Gasteiger partial charge in [0.15, 0.2) is 0 Å². The summed E-state index contributed by atoms with van der Waals surface area (Å²) in [6.07, 6.45) is 0. The minimum atomic E-state index is 0.149. The van der Waals surface area contributed by atoms with E-state index >= 15 is 0 Å². The molecule has 1 amide bonds. The predicted octanol–water partition coefficient (Wildman–Crippen LogP) is -0.469. The molecule has 76 valence electrons. The fraction of sp³-hybridized carbons (Fsp3) is 0.889. The van der Waals surface area contributed by atoms with E-state index < -0.39 is 0 Å². The number of rotatable bonds is 2. The maximum atomic E-state index is 11.1. The molecule has 1 heterocycles. The Balaban J connectivity index is 2.41. The van der Waals surface area contributed by atoms with E-state index in [-0.39, 0.29) is 12.5 Å². The fourth-order valence-electron chi connectivity index (χ4n) is 1.74. The average molecular weight is 186 g/mol. The number of aliphatic hydroxyl groups is 1. The summed E-state index contributed by atoms with van der Waals surface area (Å²) >= 11 is 0. The van der Waals surface area contributed by atoms with Gasteiger partial charge in [0.25, 0.3) is 0 Å². The van der Waals surface area contributed by atoms with Gasteiger partial charge in [0, 0.05) is 39.1 Å². The summed E-state index contributed by atoms with van der Waals surface area (Å²) < 4.78 is 0. The maximum Gasteiger partial charge on any atom is 0.219 e. The lowest BCUT2D eigenvalue weighted by Crippen LogP contribution is -2.53. The van der Waals surface area contributed by atoms with Crippen molar-refractivity contribution in [1.82, 2.24) is 9.80 Å². The third-order valence-electron chi connectivity index (χ3n) is 2.60. The van der Waals surface area contributed by atoms with E-state index in [0.29, 0.717) is 12.6 Å². The van der Waals surface area contributed by atoms with Gasteiger partial charge in [-0.05, 0) is 6.92 Å². The van der Waals surface area contributed by atoms with Gasteiger partial charge in [-0.2, -0.15) is 0 Å². The Labute approximate surface area is 79.1 Å². The van der Waals surface area contributed by atoms with Gasteiger partial charge in [0.05, 0.1) is 6.61 Å². The molecular formula is C9H18N2O2. The van der Waals surface area contributed by atoms with E-state index in [2.05, 4.69) is 11.8 Å². The summed E-state index contributed by atoms with van der Waals surface area (Å²) in [7, 11) is 0. The first-order valence-corrected chi connectivity index (χ1v) is 4.75. The zero-order valence-electron chi connectivity index (χ0n) is 8.36. The smallest absolute Gasteiger partial charge is 0.219 e. The second-order valence-corrected chi connectivity index (χ2v) is 3.57. The molecule has 1 unspecified atom stereocenters. The third kappa shape index (κ3) is 2.67. The Morgan fingerprint density at radius 2 is 2.23 bits per heavy atom. The van der Waals surface area contributed by atoms with E-state index in [1.807, 2.05) is 4.90 Å². The highest BCUT2D eigenvalue weighted by Crippen LogP contribution is 2.08. The number of nitrogens with zero attached hydrogens (tertiary/aromatic N) is 2. The van der Waals surface area contributed by atoms with Crippen molar-refractivity contribution in [1.29, 1.82) is 0 Å². The molecule has 1 N–H and O–H groups in total. The normalized spacial score (nSPS) is 24.8. The number of amides is 1. The first-order chi connectivity index (χ1) is 6.15. The van der Waals surface area contributed by atoms with Crippen LogP contribution >= 0.6 is 0 Å². The summed E-state index contributed by atoms with van der Waals surface area (Å²) in [5.41, 5.74) is 0. The van der Waals surface area contributed by atoms with E-state index in [0.717, 1.165) is 19.6 Å². The highest BCUT2D eigenvalue weighted by molar-refractivity contribution is 5.73. The van der Waals surface area contributed by atoms with Crippen LogP contribution in [-0.4, -0.2) is 59.6 Å². The number of β-amino-alcohol motifs (C(OH)–C–C–N with tert-alkyl or cyclic N) is 1. The highest BCUT2D eigenvalue weighted by atomic mass is 16.3. The van der Waals surface area contributed by atoms with Crippen LogP contribution in [0.3, 0.4) is 0 Å². The molecule has 1 rings (SSSR count). The van der Waals surface area contributed by atoms with Crippen LogP contribution in [0.4, 0.5) is 0 Å². The van der Waals surface area contributed by atoms with Gasteiger partial charge in [-0.3, -0.25) is 9.69 Å². The molecule has 13 heavy (non-hydrogen) atoms. The molecule has 1 fully saturated rings. The van der Waals surface area contributed by atoms with Crippen LogP contribution in [0.2, 0.25) is 0 Å². The molecule has 0 radical (unpaired) electrons. The first kappa shape index (κ1) is 10.5. The van der Waals surface area contributed by atoms with Crippen LogP contribution in [0, 0.1) is 0 Å². The molecule has 1 aliphatic heterocycles. The van der Waals surface area contributed by atoms with E-state index in [4.69, 9.17) is 5.11 Å². The van der Waals surface area contributed by atoms with Crippen molar-refractivity contribution in [2.24, 2.45) is 0 Å². The van der Waals surface area contributed by atoms with Gasteiger partial charge in [-0.1, -0.05) is 0 Å². The standard InChI is InChI=1S/C9H18N2O2/c1-8-7-11(9(2)13)4-3-10(8)5-6-12/h8,12H,3-7H2,1-2H3. The van der Waals surface area contributed by atoms with Crippen LogP contribution in [0.15, 0.2) is 0 Å². The SMILES string of the molecule is CC(=O)N1CCN(CCO)C(C)C1. The van der Waals surface area contributed by atoms with Gasteiger partial charge in [-0.25, -0.2) is 0 Å². The van der Waals surface area contributed by atoms with E-state index in [1.54, 1.807) is 6.92 Å². The van der Waals surface area contributed by atoms with Gasteiger partial charge < -0.3 is 10.0 Å². The second kappa shape index (κ2) is 4.58. The van der Waals surface area contributed by atoms with Gasteiger partial charge in [0.2, 0.25) is 5.91 Å². The Kier molecular flexibility index (Phi) is 3.69. The van der Waals surface area contributed by atoms with Gasteiger partial charge in [0.1, 0.15) is 0 Å². The van der Waals surface area contributed by atoms with Crippen molar-refractivity contribution in [2.75, 3.05) is 32.8 Å². The van der Waals surface area contributed by atoms with Crippen molar-refractivity contribution in [3.05, 3.63) is 0 Å². The molecular weight excluding hydrogens is 168 g/mol. The lowest BCUT2D eigenvalue weighted by Gasteiger charge is -2.39. The number of aliphatic hydroxyl groups excluding tert-OH is 1. The Morgan fingerprint density at radius 3 is 2.69 bits per heavy atom. The van der Waals surface area contributed by atoms with Crippen molar-refractivity contribution in [2.45, 2.75) is 19.9 Å². The second-order valence-electron chi connectivity index (χ2n) is 3.57. The van der Waals surface area contributed by atoms with Crippen molar-refractivity contribution >= 4 is 5.91 Å². The van der Waals surface area contributed by atoms with Gasteiger partial charge in [-0.15, -0.1) is 0 Å². The summed E-state index contributed by atoms with van der Waals surface area (Å²) in [6, 6.07) is 0.366. The number of hydrogen-bond donors (Lipinski definition) is 1. The third-order valence-corrected chi connectivity index (χ3v) is 2.60. The van der Waals surface area contributed by atoms with Crippen LogP contribution in [0.1, 0.15) is 13.8 Å². The number of carbonyl (C=O) groups excluding carboxylic acids is 1. The van der Waals surface area contributed by atoms with Crippen molar-refractivity contribution < 1.29 is 9.90 Å². The zero-order chi connectivity index (χ0) is 9.84. The number of piperazine rings is 1. The molecule has 1 atom stereocenters. The van der Waals surface area contributed by atoms with Crippen LogP contribution < -0.4 is 0 Å². The summed E-state index contributed by atoms with van der Waals surface area (Å²) in [5.74, 6) is 0.149. The first-order valence-electron chi connectivity index (χ1n) is 4.75. The number of carbonyl (C=O) groups is 1. The van der Waals surface area contributed by atoms with Gasteiger partial charge >= 0.3 is 0 Å². The monoisotopic (exact) mass is 186 g/mol. The number of hydrogen-bond acceptors (Lipinski definition) is 3. The minimum Gasteiger partial charge on any atom is -0.395 e. The Morgan fingerprint density at radius 1 is 1.54 bits per heavy atom. The molecule has 0 saturated carbocycles. The predicted molar refractivity (Wildman–Crippen MR) is 50.4 cm³/mol. The lowest BCUT2D eigenvalue weighted by atomic mass is 10.2. The van der Waals surface area contributed by atoms with Crippen LogP contribution in [0.5, 0.6) is 0 Å². The summed E-state index contributed by atoms with van der Waals surface area (Å²) in [5, 5.41) is 8.79. The van der Waals surface area contributed by atoms with Crippen LogP contribution in [0.25, 0.3) is 0 Å². The van der Waals surface area contributed by atoms with Crippen molar-refractivity contribution in [3.63, 3.8) is 0 Å². The fourth-order valence-corrected chi connectivity index (χ4v) is 1.74. The topological polar surface area (TPSA) is 43.8 Å². The lowest BCUT2D eigenvalue weighted by molar-refractivity contribution is -0.131. The maximum absolute atomic E-state index is 11.1. The molecule has 4 nitrogen and oxygen atoms in total. The zero-order valence-corrected chi connectivity index (χ0v) is 8.36. The molecule has 0 aromatic heterocycles. The van der Waals surface area contributed by atoms with E-state index in [9.17, 15) is 4.79 Å². The Bertz CT molecular complexity index is 184. The Hall–Kier alpha value is -0.610. The molecule has 1 saturated heterocycles. The highest BCUT2D eigenvalue weighted by Gasteiger charge is 2.23. The van der Waals surface area contributed by atoms with Crippen LogP contribution in [-0.2, 0) is 4.79 Å². The quantitative estimate of drug-likeness (QED) is 0.634. The summed E-state index contributed by atoms with van der Waals surface area (Å²) in [6.45, 7) is 7.06. The molecule has 1 aliphatic rings. The largest absolute Gasteiger partial charge is 0.395 e. The average Bonchev–Trinajstić information content (AvgIpc) is 2.08. The minimum absolute atomic E-state index is 0.149. The molecule has 0 aromatic carbocycles. The van der Waals surface area contributed by atoms with Crippen molar-refractivity contribution in [3.8, 4) is 0 Å². The molecule has 0 spiro atoms. The molecule has 0 bridgehead atoms. The van der Waals surface area contributed by atoms with E-state index in [1.165, 1.54) is 0 Å². The molecule has 4 heteroatoms.